The molecule has 3 rings (SSSR count). The van der Waals surface area contributed by atoms with Crippen LogP contribution < -0.4 is 5.73 Å². The fourth-order valence-corrected chi connectivity index (χ4v) is 1.66. The van der Waals surface area contributed by atoms with E-state index < -0.39 is 0 Å². The van der Waals surface area contributed by atoms with Crippen LogP contribution in [0, 0.1) is 0 Å². The number of fused-ring (bicyclic) bond motifs is 1. The molecule has 16 heavy (non-hydrogen) atoms. The Morgan fingerprint density at radius 3 is 2.50 bits per heavy atom. The summed E-state index contributed by atoms with van der Waals surface area (Å²) in [6, 6.07) is 10.3. The summed E-state index contributed by atoms with van der Waals surface area (Å²) in [6.45, 7) is 0. The third kappa shape index (κ3) is 3.44. The molecule has 0 amide bonds. The fourth-order valence-electron chi connectivity index (χ4n) is 1.16. The van der Waals surface area contributed by atoms with Crippen LogP contribution in [0.5, 0.6) is 0 Å². The molecule has 2 aromatic rings. The van der Waals surface area contributed by atoms with Crippen molar-refractivity contribution in [1.29, 1.82) is 0 Å². The van der Waals surface area contributed by atoms with Gasteiger partial charge in [0.05, 0.1) is 5.52 Å². The molecular formula is C12H12BrClN2. The van der Waals surface area contributed by atoms with Gasteiger partial charge in [-0.3, -0.25) is 0 Å². The molecule has 1 aromatic carbocycles. The molecular weight excluding hydrogens is 288 g/mol. The second-order valence-electron chi connectivity index (χ2n) is 3.81. The molecule has 2 N–H and O–H groups in total. The van der Waals surface area contributed by atoms with Gasteiger partial charge in [0.15, 0.2) is 0 Å². The molecule has 2 nitrogen and oxygen atoms in total. The minimum absolute atomic E-state index is 0.528. The number of benzene rings is 1. The quantitative estimate of drug-likeness (QED) is 0.752. The van der Waals surface area contributed by atoms with E-state index in [0.717, 1.165) is 15.4 Å². The van der Waals surface area contributed by atoms with Crippen molar-refractivity contribution < 1.29 is 0 Å². The highest BCUT2D eigenvalue weighted by atomic mass is 79.9. The van der Waals surface area contributed by atoms with E-state index in [1.165, 1.54) is 12.8 Å². The minimum Gasteiger partial charge on any atom is -0.328 e. The molecule has 1 saturated carbocycles. The van der Waals surface area contributed by atoms with Crippen molar-refractivity contribution in [1.82, 2.24) is 4.98 Å². The largest absolute Gasteiger partial charge is 0.328 e. The summed E-state index contributed by atoms with van der Waals surface area (Å²) in [5.41, 5.74) is 6.14. The van der Waals surface area contributed by atoms with Crippen molar-refractivity contribution in [2.24, 2.45) is 5.73 Å². The Balaban J connectivity index is 0.000000203. The Morgan fingerprint density at radius 2 is 1.88 bits per heavy atom. The number of hydrogen-bond donors (Lipinski definition) is 1. The van der Waals surface area contributed by atoms with Crippen molar-refractivity contribution in [2.45, 2.75) is 18.9 Å². The van der Waals surface area contributed by atoms with Gasteiger partial charge in [-0.1, -0.05) is 33.6 Å². The van der Waals surface area contributed by atoms with Gasteiger partial charge in [-0.05, 0) is 37.1 Å². The van der Waals surface area contributed by atoms with E-state index in [2.05, 4.69) is 20.9 Å². The summed E-state index contributed by atoms with van der Waals surface area (Å²) in [4.78, 5) is 4.17. The molecule has 84 valence electrons. The Morgan fingerprint density at radius 1 is 1.25 bits per heavy atom. The number of aromatic nitrogens is 1. The number of nitrogens with two attached hydrogens (primary N) is 1. The molecule has 0 radical (unpaired) electrons. The number of nitrogens with zero attached hydrogens (tertiary/aromatic N) is 1. The van der Waals surface area contributed by atoms with Gasteiger partial charge in [-0.25, -0.2) is 4.98 Å². The van der Waals surface area contributed by atoms with Crippen LogP contribution in [0.2, 0.25) is 5.15 Å². The molecule has 1 heterocycles. The second kappa shape index (κ2) is 5.13. The lowest BCUT2D eigenvalue weighted by atomic mass is 10.2. The molecule has 1 fully saturated rings. The lowest BCUT2D eigenvalue weighted by molar-refractivity contribution is 1.07. The number of pyridine rings is 1. The summed E-state index contributed by atoms with van der Waals surface area (Å²) < 4.78 is 1.02. The average Bonchev–Trinajstić information content (AvgIpc) is 3.01. The Kier molecular flexibility index (Phi) is 3.79. The lowest BCUT2D eigenvalue weighted by Gasteiger charge is -1.97. The van der Waals surface area contributed by atoms with Gasteiger partial charge in [0.25, 0.3) is 0 Å². The van der Waals surface area contributed by atoms with Crippen molar-refractivity contribution in [3.63, 3.8) is 0 Å². The normalized spacial score (nSPS) is 14.4. The smallest absolute Gasteiger partial charge is 0.129 e. The highest BCUT2D eigenvalue weighted by Gasteiger charge is 2.13. The third-order valence-electron chi connectivity index (χ3n) is 2.24. The number of rotatable bonds is 0. The maximum absolute atomic E-state index is 5.74. The van der Waals surface area contributed by atoms with Crippen LogP contribution in [0.1, 0.15) is 12.8 Å². The van der Waals surface area contributed by atoms with Gasteiger partial charge in [-0.2, -0.15) is 0 Å². The van der Waals surface area contributed by atoms with Crippen molar-refractivity contribution in [2.75, 3.05) is 0 Å². The molecule has 1 aliphatic carbocycles. The zero-order valence-electron chi connectivity index (χ0n) is 8.66. The lowest BCUT2D eigenvalue weighted by Crippen LogP contribution is -1.94. The molecule has 0 unspecified atom stereocenters. The van der Waals surface area contributed by atoms with E-state index in [1.807, 2.05) is 24.3 Å². The van der Waals surface area contributed by atoms with Crippen LogP contribution >= 0.6 is 27.5 Å². The van der Waals surface area contributed by atoms with Crippen LogP contribution in [0.3, 0.4) is 0 Å². The van der Waals surface area contributed by atoms with Crippen molar-refractivity contribution in [3.8, 4) is 0 Å². The second-order valence-corrected chi connectivity index (χ2v) is 5.11. The SMILES string of the molecule is Clc1ccc2ccc(Br)cc2n1.NC1CC1. The summed E-state index contributed by atoms with van der Waals surface area (Å²) in [7, 11) is 0. The average molecular weight is 300 g/mol. The predicted molar refractivity (Wildman–Crippen MR) is 71.7 cm³/mol. The monoisotopic (exact) mass is 298 g/mol. The molecule has 0 atom stereocenters. The summed E-state index contributed by atoms with van der Waals surface area (Å²) >= 11 is 9.12. The van der Waals surface area contributed by atoms with Gasteiger partial charge in [-0.15, -0.1) is 0 Å². The van der Waals surface area contributed by atoms with Gasteiger partial charge in [0.1, 0.15) is 5.15 Å². The van der Waals surface area contributed by atoms with E-state index in [0.29, 0.717) is 11.2 Å². The van der Waals surface area contributed by atoms with Crippen LogP contribution in [0.4, 0.5) is 0 Å². The van der Waals surface area contributed by atoms with Crippen LogP contribution in [-0.2, 0) is 0 Å². The predicted octanol–water partition coefficient (Wildman–Crippen LogP) is 3.76. The standard InChI is InChI=1S/C9H5BrClN.C3H7N/c10-7-3-1-6-2-4-9(11)12-8(6)5-7;4-3-1-2-3/h1-5H;3H,1-2,4H2. The van der Waals surface area contributed by atoms with Gasteiger partial charge >= 0.3 is 0 Å². The van der Waals surface area contributed by atoms with Crippen LogP contribution in [-0.4, -0.2) is 11.0 Å². The van der Waals surface area contributed by atoms with Crippen LogP contribution in [0.25, 0.3) is 10.9 Å². The molecule has 0 spiro atoms. The van der Waals surface area contributed by atoms with E-state index in [9.17, 15) is 0 Å². The molecule has 0 bridgehead atoms. The molecule has 1 aromatic heterocycles. The maximum Gasteiger partial charge on any atom is 0.129 e. The zero-order chi connectivity index (χ0) is 11.5. The first-order chi connectivity index (χ1) is 7.65. The Hall–Kier alpha value is -0.640. The first-order valence-electron chi connectivity index (χ1n) is 5.12. The Bertz CT molecular complexity index is 461. The van der Waals surface area contributed by atoms with Crippen molar-refractivity contribution in [3.05, 3.63) is 40.0 Å². The zero-order valence-corrected chi connectivity index (χ0v) is 11.0. The van der Waals surface area contributed by atoms with E-state index in [-0.39, 0.29) is 0 Å². The fraction of sp³-hybridized carbons (Fsp3) is 0.250. The number of hydrogen-bond acceptors (Lipinski definition) is 2. The topological polar surface area (TPSA) is 38.9 Å². The first kappa shape index (κ1) is 11.8. The summed E-state index contributed by atoms with van der Waals surface area (Å²) in [5, 5.41) is 1.63. The van der Waals surface area contributed by atoms with E-state index in [4.69, 9.17) is 17.3 Å². The van der Waals surface area contributed by atoms with Gasteiger partial charge < -0.3 is 5.73 Å². The van der Waals surface area contributed by atoms with Gasteiger partial charge in [0.2, 0.25) is 0 Å². The third-order valence-corrected chi connectivity index (χ3v) is 2.95. The Labute approximate surface area is 108 Å². The first-order valence-corrected chi connectivity index (χ1v) is 6.29. The van der Waals surface area contributed by atoms with Crippen LogP contribution in [0.15, 0.2) is 34.8 Å². The van der Waals surface area contributed by atoms with Gasteiger partial charge in [0, 0.05) is 15.9 Å². The van der Waals surface area contributed by atoms with E-state index >= 15 is 0 Å². The summed E-state index contributed by atoms with van der Waals surface area (Å²) in [6.07, 6.45) is 2.53. The summed E-state index contributed by atoms with van der Waals surface area (Å²) in [5.74, 6) is 0. The molecule has 0 saturated heterocycles. The highest BCUT2D eigenvalue weighted by molar-refractivity contribution is 9.10. The van der Waals surface area contributed by atoms with E-state index in [1.54, 1.807) is 6.07 Å². The minimum atomic E-state index is 0.528. The maximum atomic E-state index is 5.74. The van der Waals surface area contributed by atoms with Crippen molar-refractivity contribution >= 4 is 38.4 Å². The molecule has 0 aliphatic heterocycles. The highest BCUT2D eigenvalue weighted by Crippen LogP contribution is 2.19. The molecule has 4 heteroatoms. The number of halogens is 2. The molecule has 1 aliphatic rings.